The van der Waals surface area contributed by atoms with E-state index in [4.69, 9.17) is 4.74 Å². The van der Waals surface area contributed by atoms with Crippen molar-refractivity contribution in [3.8, 4) is 0 Å². The van der Waals surface area contributed by atoms with E-state index in [-0.39, 0.29) is 0 Å². The van der Waals surface area contributed by atoms with Crippen molar-refractivity contribution in [1.29, 1.82) is 0 Å². The molecule has 4 amide bonds. The van der Waals surface area contributed by atoms with Gasteiger partial charge in [-0.3, -0.25) is 14.9 Å². The number of ether oxygens (including phenoxy) is 1. The number of rotatable bonds is 1. The lowest BCUT2D eigenvalue weighted by Crippen LogP contribution is -2.53. The van der Waals surface area contributed by atoms with E-state index in [0.717, 1.165) is 4.90 Å². The Morgan fingerprint density at radius 1 is 1.27 bits per heavy atom. The Morgan fingerprint density at radius 2 is 1.87 bits per heavy atom. The van der Waals surface area contributed by atoms with Crippen LogP contribution in [0.4, 0.5) is 4.79 Å². The zero-order chi connectivity index (χ0) is 11.1. The van der Waals surface area contributed by atoms with Gasteiger partial charge in [0.05, 0.1) is 5.54 Å². The van der Waals surface area contributed by atoms with E-state index < -0.39 is 23.4 Å². The number of nitrogens with one attached hydrogen (secondary N) is 1. The molecule has 6 nitrogen and oxygen atoms in total. The molecule has 2 fully saturated rings. The maximum absolute atomic E-state index is 11.5. The summed E-state index contributed by atoms with van der Waals surface area (Å²) >= 11 is 0. The van der Waals surface area contributed by atoms with Gasteiger partial charge in [-0.05, 0) is 19.8 Å². The second kappa shape index (κ2) is 3.30. The lowest BCUT2D eigenvalue weighted by molar-refractivity contribution is -0.144. The van der Waals surface area contributed by atoms with Crippen LogP contribution < -0.4 is 5.32 Å². The van der Waals surface area contributed by atoms with Gasteiger partial charge in [-0.2, -0.15) is 0 Å². The summed E-state index contributed by atoms with van der Waals surface area (Å²) in [5.41, 5.74) is -0.592. The number of urea groups is 1. The first-order valence-corrected chi connectivity index (χ1v) is 4.82. The van der Waals surface area contributed by atoms with Gasteiger partial charge in [-0.25, -0.2) is 9.69 Å². The molecule has 0 aliphatic carbocycles. The normalized spacial score (nSPS) is 25.7. The molecule has 2 saturated heterocycles. The van der Waals surface area contributed by atoms with E-state index in [0.29, 0.717) is 26.1 Å². The van der Waals surface area contributed by atoms with Crippen LogP contribution in [0.1, 0.15) is 19.8 Å². The van der Waals surface area contributed by atoms with Crippen LogP contribution in [0.2, 0.25) is 0 Å². The predicted molar refractivity (Wildman–Crippen MR) is 48.8 cm³/mol. The molecule has 0 bridgehead atoms. The standard InChI is InChI=1S/C9H12N2O4/c1-9(2-4-15-5-3-9)11-7(13)6(12)10-8(11)14/h2-5H2,1H3,(H,10,12,14). The van der Waals surface area contributed by atoms with Crippen molar-refractivity contribution in [3.63, 3.8) is 0 Å². The molecule has 0 saturated carbocycles. The van der Waals surface area contributed by atoms with Gasteiger partial charge in [-0.15, -0.1) is 0 Å². The van der Waals surface area contributed by atoms with Crippen LogP contribution >= 0.6 is 0 Å². The third kappa shape index (κ3) is 1.50. The van der Waals surface area contributed by atoms with Crippen molar-refractivity contribution in [2.24, 2.45) is 0 Å². The number of nitrogens with zero attached hydrogens (tertiary/aromatic N) is 1. The smallest absolute Gasteiger partial charge is 0.332 e. The van der Waals surface area contributed by atoms with Crippen LogP contribution in [-0.4, -0.2) is 41.5 Å². The van der Waals surface area contributed by atoms with Gasteiger partial charge in [0.25, 0.3) is 0 Å². The summed E-state index contributed by atoms with van der Waals surface area (Å²) < 4.78 is 5.17. The predicted octanol–water partition coefficient (Wildman–Crippen LogP) is -0.366. The number of carbonyl (C=O) groups is 3. The van der Waals surface area contributed by atoms with Crippen molar-refractivity contribution < 1.29 is 19.1 Å². The monoisotopic (exact) mass is 212 g/mol. The number of hydrogen-bond donors (Lipinski definition) is 1. The topological polar surface area (TPSA) is 75.7 Å². The van der Waals surface area contributed by atoms with Gasteiger partial charge in [0.1, 0.15) is 0 Å². The largest absolute Gasteiger partial charge is 0.381 e. The first kappa shape index (κ1) is 10.1. The Hall–Kier alpha value is -1.43. The molecular weight excluding hydrogens is 200 g/mol. The molecule has 0 aromatic heterocycles. The van der Waals surface area contributed by atoms with Gasteiger partial charge in [-0.1, -0.05) is 0 Å². The van der Waals surface area contributed by atoms with Crippen LogP contribution in [0.25, 0.3) is 0 Å². The third-order valence-corrected chi connectivity index (χ3v) is 2.93. The summed E-state index contributed by atoms with van der Waals surface area (Å²) in [5, 5.41) is 2.00. The van der Waals surface area contributed by atoms with Crippen molar-refractivity contribution >= 4 is 17.8 Å². The molecule has 0 radical (unpaired) electrons. The van der Waals surface area contributed by atoms with E-state index in [1.54, 1.807) is 6.92 Å². The first-order chi connectivity index (χ1) is 7.04. The Labute approximate surface area is 86.6 Å². The fourth-order valence-electron chi connectivity index (χ4n) is 1.93. The Morgan fingerprint density at radius 3 is 2.33 bits per heavy atom. The lowest BCUT2D eigenvalue weighted by Gasteiger charge is -2.38. The maximum atomic E-state index is 11.5. The molecular formula is C9H12N2O4. The van der Waals surface area contributed by atoms with Gasteiger partial charge < -0.3 is 4.74 Å². The Bertz CT molecular complexity index is 333. The molecule has 2 aliphatic rings. The molecule has 1 N–H and O–H groups in total. The Balaban J connectivity index is 2.25. The number of imide groups is 2. The molecule has 82 valence electrons. The lowest BCUT2D eigenvalue weighted by atomic mass is 9.90. The number of hydrogen-bond acceptors (Lipinski definition) is 4. The molecule has 0 aromatic rings. The van der Waals surface area contributed by atoms with Crippen molar-refractivity contribution in [1.82, 2.24) is 10.2 Å². The minimum absolute atomic E-state index is 0.502. The molecule has 0 spiro atoms. The molecule has 15 heavy (non-hydrogen) atoms. The van der Waals surface area contributed by atoms with Crippen LogP contribution in [0.15, 0.2) is 0 Å². The molecule has 2 aliphatic heterocycles. The molecule has 2 rings (SSSR count). The van der Waals surface area contributed by atoms with E-state index in [1.165, 1.54) is 0 Å². The van der Waals surface area contributed by atoms with Gasteiger partial charge >= 0.3 is 17.8 Å². The number of carbonyl (C=O) groups excluding carboxylic acids is 3. The second-order valence-electron chi connectivity index (χ2n) is 4.01. The summed E-state index contributed by atoms with van der Waals surface area (Å²) in [6.07, 6.45) is 1.14. The Kier molecular flexibility index (Phi) is 2.22. The van der Waals surface area contributed by atoms with E-state index in [1.807, 2.05) is 5.32 Å². The van der Waals surface area contributed by atoms with Gasteiger partial charge in [0.2, 0.25) is 0 Å². The van der Waals surface area contributed by atoms with Crippen LogP contribution in [-0.2, 0) is 14.3 Å². The van der Waals surface area contributed by atoms with Crippen LogP contribution in [0, 0.1) is 0 Å². The second-order valence-corrected chi connectivity index (χ2v) is 4.01. The molecule has 0 unspecified atom stereocenters. The summed E-state index contributed by atoms with van der Waals surface area (Å²) in [7, 11) is 0. The summed E-state index contributed by atoms with van der Waals surface area (Å²) in [4.78, 5) is 35.0. The zero-order valence-electron chi connectivity index (χ0n) is 8.41. The van der Waals surface area contributed by atoms with Crippen molar-refractivity contribution in [3.05, 3.63) is 0 Å². The number of amides is 4. The first-order valence-electron chi connectivity index (χ1n) is 4.82. The van der Waals surface area contributed by atoms with E-state index in [2.05, 4.69) is 0 Å². The quantitative estimate of drug-likeness (QED) is 0.475. The highest BCUT2D eigenvalue weighted by Gasteiger charge is 2.48. The van der Waals surface area contributed by atoms with Crippen molar-refractivity contribution in [2.45, 2.75) is 25.3 Å². The van der Waals surface area contributed by atoms with E-state index in [9.17, 15) is 14.4 Å². The molecule has 0 aromatic carbocycles. The third-order valence-electron chi connectivity index (χ3n) is 2.93. The van der Waals surface area contributed by atoms with Gasteiger partial charge in [0.15, 0.2) is 0 Å². The van der Waals surface area contributed by atoms with Gasteiger partial charge in [0, 0.05) is 13.2 Å². The molecule has 0 atom stereocenters. The van der Waals surface area contributed by atoms with E-state index >= 15 is 0 Å². The highest BCUT2D eigenvalue weighted by atomic mass is 16.5. The average Bonchev–Trinajstić information content (AvgIpc) is 2.42. The molecule has 6 heteroatoms. The fourth-order valence-corrected chi connectivity index (χ4v) is 1.93. The SMILES string of the molecule is CC1(N2C(=O)NC(=O)C2=O)CCOCC1. The highest BCUT2D eigenvalue weighted by Crippen LogP contribution is 2.29. The highest BCUT2D eigenvalue weighted by molar-refractivity contribution is 6.45. The van der Waals surface area contributed by atoms with Crippen LogP contribution in [0.5, 0.6) is 0 Å². The average molecular weight is 212 g/mol. The minimum Gasteiger partial charge on any atom is -0.381 e. The van der Waals surface area contributed by atoms with Crippen molar-refractivity contribution in [2.75, 3.05) is 13.2 Å². The minimum atomic E-state index is -0.840. The fraction of sp³-hybridized carbons (Fsp3) is 0.667. The summed E-state index contributed by atoms with van der Waals surface area (Å²) in [6.45, 7) is 2.80. The van der Waals surface area contributed by atoms with Crippen LogP contribution in [0.3, 0.4) is 0 Å². The summed E-state index contributed by atoms with van der Waals surface area (Å²) in [5.74, 6) is -1.60. The molecule has 2 heterocycles. The maximum Gasteiger partial charge on any atom is 0.332 e. The summed E-state index contributed by atoms with van der Waals surface area (Å²) in [6, 6.07) is -0.616. The zero-order valence-corrected chi connectivity index (χ0v) is 8.41.